The number of allylic oxidation sites excluding steroid dienone is 2. The molecule has 0 heterocycles. The Morgan fingerprint density at radius 2 is 1.66 bits per heavy atom. The lowest BCUT2D eigenvalue weighted by molar-refractivity contribution is -0.110. The first kappa shape index (κ1) is 20.8. The predicted octanol–water partition coefficient (Wildman–Crippen LogP) is 5.67. The fourth-order valence-electron chi connectivity index (χ4n) is 2.82. The van der Waals surface area contributed by atoms with Crippen LogP contribution < -0.4 is 5.32 Å². The number of carbonyl (C=O) groups excluding carboxylic acids is 1. The van der Waals surface area contributed by atoms with Crippen LogP contribution in [0.15, 0.2) is 64.5 Å². The molecule has 2 aromatic rings. The van der Waals surface area contributed by atoms with Crippen LogP contribution in [0.5, 0.6) is 11.5 Å². The van der Waals surface area contributed by atoms with Crippen molar-refractivity contribution in [3.63, 3.8) is 0 Å². The summed E-state index contributed by atoms with van der Waals surface area (Å²) >= 11 is 12.2. The molecule has 8 heteroatoms. The van der Waals surface area contributed by atoms with Crippen LogP contribution in [0.1, 0.15) is 19.8 Å². The summed E-state index contributed by atoms with van der Waals surface area (Å²) in [6.45, 7) is 1.89. The molecule has 6 nitrogen and oxygen atoms in total. The van der Waals surface area contributed by atoms with Gasteiger partial charge in [0.15, 0.2) is 0 Å². The molecule has 0 amide bonds. The zero-order chi connectivity index (χ0) is 21.1. The number of nitrogens with zero attached hydrogens (tertiary/aromatic N) is 1. The second kappa shape index (κ2) is 8.59. The van der Waals surface area contributed by atoms with Crippen LogP contribution in [-0.2, 0) is 4.79 Å². The maximum absolute atomic E-state index is 12.8. The van der Waals surface area contributed by atoms with E-state index < -0.39 is 5.78 Å². The molecule has 1 aliphatic rings. The Labute approximate surface area is 177 Å². The standard InChI is InChI=1S/C21H18Cl2N2O4/c1-2-3-13-20(28)18(24-16-6-4-11(26)8-14(16)22)10-19(21(13)29)25-17-7-5-12(27)9-15(17)23/h4-10,24,26-28H,2-3H2,1H3. The number of aliphatic hydroxyl groups excluding tert-OH is 1. The van der Waals surface area contributed by atoms with Crippen LogP contribution in [0.3, 0.4) is 0 Å². The van der Waals surface area contributed by atoms with Gasteiger partial charge in [0.05, 0.1) is 27.1 Å². The lowest BCUT2D eigenvalue weighted by Crippen LogP contribution is -2.24. The molecule has 0 radical (unpaired) electrons. The van der Waals surface area contributed by atoms with Gasteiger partial charge in [-0.1, -0.05) is 36.5 Å². The summed E-state index contributed by atoms with van der Waals surface area (Å²) in [6, 6.07) is 8.59. The van der Waals surface area contributed by atoms with E-state index in [0.29, 0.717) is 24.2 Å². The Balaban J connectivity index is 2.07. The summed E-state index contributed by atoms with van der Waals surface area (Å²) in [6.07, 6.45) is 2.41. The van der Waals surface area contributed by atoms with Gasteiger partial charge in [-0.15, -0.1) is 0 Å². The van der Waals surface area contributed by atoms with Gasteiger partial charge in [0.25, 0.3) is 0 Å². The van der Waals surface area contributed by atoms with E-state index in [1.165, 1.54) is 36.4 Å². The molecule has 4 N–H and O–H groups in total. The number of carbonyl (C=O) groups is 1. The number of halogens is 2. The Kier molecular flexibility index (Phi) is 6.15. The van der Waals surface area contributed by atoms with Gasteiger partial charge in [0.1, 0.15) is 23.0 Å². The summed E-state index contributed by atoms with van der Waals surface area (Å²) in [7, 11) is 0. The molecule has 150 valence electrons. The average Bonchev–Trinajstić information content (AvgIpc) is 2.66. The Morgan fingerprint density at radius 1 is 1.00 bits per heavy atom. The highest BCUT2D eigenvalue weighted by molar-refractivity contribution is 6.51. The van der Waals surface area contributed by atoms with Gasteiger partial charge in [-0.05, 0) is 36.8 Å². The second-order valence-electron chi connectivity index (χ2n) is 6.39. The van der Waals surface area contributed by atoms with Crippen molar-refractivity contribution >= 4 is 46.1 Å². The Hall–Kier alpha value is -2.96. The predicted molar refractivity (Wildman–Crippen MR) is 115 cm³/mol. The van der Waals surface area contributed by atoms with Gasteiger partial charge in [0, 0.05) is 17.7 Å². The van der Waals surface area contributed by atoms with Crippen molar-refractivity contribution in [3.05, 3.63) is 69.5 Å². The molecule has 0 atom stereocenters. The van der Waals surface area contributed by atoms with Gasteiger partial charge < -0.3 is 20.6 Å². The van der Waals surface area contributed by atoms with Crippen molar-refractivity contribution in [3.8, 4) is 11.5 Å². The number of nitrogens with one attached hydrogen (secondary N) is 1. The van der Waals surface area contributed by atoms with E-state index in [1.807, 2.05) is 6.92 Å². The smallest absolute Gasteiger partial charge is 0.211 e. The number of ketones is 1. The molecule has 0 saturated heterocycles. The maximum atomic E-state index is 12.8. The molecule has 0 unspecified atom stereocenters. The highest BCUT2D eigenvalue weighted by atomic mass is 35.5. The van der Waals surface area contributed by atoms with Crippen molar-refractivity contribution in [1.82, 2.24) is 0 Å². The summed E-state index contributed by atoms with van der Waals surface area (Å²) in [5.74, 6) is -0.602. The first-order valence-electron chi connectivity index (χ1n) is 8.81. The number of aliphatic hydroxyl groups is 1. The van der Waals surface area contributed by atoms with Crippen LogP contribution in [0.2, 0.25) is 10.0 Å². The van der Waals surface area contributed by atoms with Crippen LogP contribution in [-0.4, -0.2) is 26.8 Å². The number of Topliss-reactive ketones (excluding diaryl/α,β-unsaturated/α-hetero) is 1. The molecule has 0 saturated carbocycles. The molecule has 0 fully saturated rings. The van der Waals surface area contributed by atoms with Crippen molar-refractivity contribution in [2.24, 2.45) is 4.99 Å². The van der Waals surface area contributed by atoms with E-state index in [9.17, 15) is 20.1 Å². The second-order valence-corrected chi connectivity index (χ2v) is 7.20. The van der Waals surface area contributed by atoms with Crippen LogP contribution in [0.4, 0.5) is 11.4 Å². The molecular weight excluding hydrogens is 415 g/mol. The monoisotopic (exact) mass is 432 g/mol. The van der Waals surface area contributed by atoms with E-state index in [-0.39, 0.29) is 44.3 Å². The van der Waals surface area contributed by atoms with Crippen molar-refractivity contribution in [2.75, 3.05) is 5.32 Å². The zero-order valence-corrected chi connectivity index (χ0v) is 16.9. The third-order valence-electron chi connectivity index (χ3n) is 4.22. The summed E-state index contributed by atoms with van der Waals surface area (Å²) < 4.78 is 0. The molecule has 0 bridgehead atoms. The highest BCUT2D eigenvalue weighted by Crippen LogP contribution is 2.33. The number of hydrogen-bond donors (Lipinski definition) is 4. The zero-order valence-electron chi connectivity index (χ0n) is 15.4. The number of aromatic hydroxyl groups is 2. The van der Waals surface area contributed by atoms with E-state index >= 15 is 0 Å². The average molecular weight is 433 g/mol. The number of aliphatic imine (C=N–C) groups is 1. The van der Waals surface area contributed by atoms with Crippen molar-refractivity contribution < 1.29 is 20.1 Å². The first-order chi connectivity index (χ1) is 13.8. The molecule has 0 aromatic heterocycles. The fourth-order valence-corrected chi connectivity index (χ4v) is 3.26. The van der Waals surface area contributed by atoms with E-state index in [1.54, 1.807) is 6.07 Å². The van der Waals surface area contributed by atoms with E-state index in [2.05, 4.69) is 10.3 Å². The third-order valence-corrected chi connectivity index (χ3v) is 4.84. The van der Waals surface area contributed by atoms with E-state index in [0.717, 1.165) is 0 Å². The lowest BCUT2D eigenvalue weighted by Gasteiger charge is -2.20. The van der Waals surface area contributed by atoms with Crippen molar-refractivity contribution in [2.45, 2.75) is 19.8 Å². The first-order valence-corrected chi connectivity index (χ1v) is 9.57. The van der Waals surface area contributed by atoms with Crippen LogP contribution >= 0.6 is 23.2 Å². The fraction of sp³-hybridized carbons (Fsp3) is 0.143. The minimum absolute atomic E-state index is 0.00371. The van der Waals surface area contributed by atoms with Crippen LogP contribution in [0.25, 0.3) is 0 Å². The Bertz CT molecular complexity index is 1070. The van der Waals surface area contributed by atoms with Gasteiger partial charge >= 0.3 is 0 Å². The molecule has 0 aliphatic heterocycles. The summed E-state index contributed by atoms with van der Waals surface area (Å²) in [5.41, 5.74) is 1.30. The number of anilines is 1. The topological polar surface area (TPSA) is 102 Å². The van der Waals surface area contributed by atoms with Gasteiger partial charge in [0.2, 0.25) is 5.78 Å². The van der Waals surface area contributed by atoms with E-state index in [4.69, 9.17) is 23.2 Å². The van der Waals surface area contributed by atoms with Crippen LogP contribution in [0, 0.1) is 0 Å². The highest BCUT2D eigenvalue weighted by Gasteiger charge is 2.27. The number of phenols is 2. The molecule has 0 spiro atoms. The number of phenolic OH excluding ortho intramolecular Hbond substituents is 2. The van der Waals surface area contributed by atoms with Gasteiger partial charge in [-0.3, -0.25) is 4.79 Å². The molecule has 3 rings (SSSR count). The number of rotatable bonds is 5. The molecule has 29 heavy (non-hydrogen) atoms. The quantitative estimate of drug-likeness (QED) is 0.360. The molecule has 1 aliphatic carbocycles. The van der Waals surface area contributed by atoms with Gasteiger partial charge in [-0.2, -0.15) is 0 Å². The molecule has 2 aromatic carbocycles. The minimum Gasteiger partial charge on any atom is -0.508 e. The normalized spacial score (nSPS) is 15.6. The van der Waals surface area contributed by atoms with Gasteiger partial charge in [-0.25, -0.2) is 4.99 Å². The van der Waals surface area contributed by atoms with Crippen molar-refractivity contribution in [1.29, 1.82) is 0 Å². The lowest BCUT2D eigenvalue weighted by atomic mass is 9.94. The largest absolute Gasteiger partial charge is 0.508 e. The summed E-state index contributed by atoms with van der Waals surface area (Å²) in [5, 5.41) is 33.1. The number of hydrogen-bond acceptors (Lipinski definition) is 6. The Morgan fingerprint density at radius 3 is 2.28 bits per heavy atom. The summed E-state index contributed by atoms with van der Waals surface area (Å²) in [4.78, 5) is 17.2. The number of benzene rings is 2. The SMILES string of the molecule is CCCC1=C(O)C(Nc2ccc(O)cc2Cl)=CC(=Nc2ccc(O)cc2Cl)C1=O. The minimum atomic E-state index is -0.407. The third kappa shape index (κ3) is 4.55. The molecular formula is C21H18Cl2N2O4. The maximum Gasteiger partial charge on any atom is 0.211 e.